The van der Waals surface area contributed by atoms with Crippen molar-refractivity contribution in [2.24, 2.45) is 0 Å². The zero-order chi connectivity index (χ0) is 11.4. The zero-order valence-corrected chi connectivity index (χ0v) is 9.87. The second-order valence-electron chi connectivity index (χ2n) is 4.52. The molecule has 2 unspecified atom stereocenters. The Morgan fingerprint density at radius 2 is 2.31 bits per heavy atom. The number of hydrogen-bond acceptors (Lipinski definition) is 1. The van der Waals surface area contributed by atoms with Crippen LogP contribution in [0.25, 0.3) is 0 Å². The van der Waals surface area contributed by atoms with E-state index < -0.39 is 0 Å². The summed E-state index contributed by atoms with van der Waals surface area (Å²) in [4.78, 5) is 0. The molecule has 0 spiro atoms. The van der Waals surface area contributed by atoms with Crippen LogP contribution in [-0.4, -0.2) is 12.6 Å². The number of fused-ring (bicyclic) bond motifs is 1. The van der Waals surface area contributed by atoms with Crippen molar-refractivity contribution in [3.8, 4) is 12.3 Å². The smallest absolute Gasteiger partial charge is 0.0687 e. The van der Waals surface area contributed by atoms with Crippen LogP contribution in [0.3, 0.4) is 0 Å². The first-order valence-electron chi connectivity index (χ1n) is 6.12. The summed E-state index contributed by atoms with van der Waals surface area (Å²) in [5.41, 5.74) is 3.00. The average molecular weight is 213 g/mol. The van der Waals surface area contributed by atoms with Crippen LogP contribution in [-0.2, 0) is 6.42 Å². The minimum atomic E-state index is 0.248. The predicted molar refractivity (Wildman–Crippen MR) is 68.4 cm³/mol. The Kier molecular flexibility index (Phi) is 3.64. The van der Waals surface area contributed by atoms with Crippen LogP contribution >= 0.6 is 0 Å². The third kappa shape index (κ3) is 2.28. The van der Waals surface area contributed by atoms with Gasteiger partial charge in [0.1, 0.15) is 0 Å². The lowest BCUT2D eigenvalue weighted by Gasteiger charge is -2.31. The van der Waals surface area contributed by atoms with E-state index in [0.717, 1.165) is 19.4 Å². The van der Waals surface area contributed by atoms with Gasteiger partial charge in [-0.3, -0.25) is 0 Å². The van der Waals surface area contributed by atoms with E-state index >= 15 is 0 Å². The van der Waals surface area contributed by atoms with Gasteiger partial charge in [0.05, 0.1) is 6.04 Å². The summed E-state index contributed by atoms with van der Waals surface area (Å²) in [5, 5.41) is 3.48. The molecular weight excluding hydrogens is 194 g/mol. The van der Waals surface area contributed by atoms with Gasteiger partial charge in [0.25, 0.3) is 0 Å². The lowest BCUT2D eigenvalue weighted by Crippen LogP contribution is -2.35. The topological polar surface area (TPSA) is 12.0 Å². The van der Waals surface area contributed by atoms with Gasteiger partial charge in [-0.05, 0) is 24.0 Å². The molecule has 0 saturated carbocycles. The van der Waals surface area contributed by atoms with Gasteiger partial charge in [0.15, 0.2) is 0 Å². The second kappa shape index (κ2) is 5.18. The standard InChI is InChI=1S/C15H19N/c1-3-7-14(4-2)16-11-13-10-12-8-5-6-9-15(12)13/h2,5-6,8-9,13-14,16H,3,7,10-11H2,1H3. The van der Waals surface area contributed by atoms with E-state index in [0.29, 0.717) is 5.92 Å². The van der Waals surface area contributed by atoms with Crippen LogP contribution in [0.2, 0.25) is 0 Å². The highest BCUT2D eigenvalue weighted by Crippen LogP contribution is 2.34. The molecule has 2 rings (SSSR count). The lowest BCUT2D eigenvalue weighted by molar-refractivity contribution is 0.490. The monoisotopic (exact) mass is 213 g/mol. The largest absolute Gasteiger partial charge is 0.303 e. The normalized spacial score (nSPS) is 19.4. The molecule has 0 bridgehead atoms. The predicted octanol–water partition coefficient (Wildman–Crippen LogP) is 2.72. The van der Waals surface area contributed by atoms with E-state index in [9.17, 15) is 0 Å². The maximum Gasteiger partial charge on any atom is 0.0687 e. The molecule has 0 aliphatic heterocycles. The molecule has 1 aromatic rings. The molecule has 1 aromatic carbocycles. The summed E-state index contributed by atoms with van der Waals surface area (Å²) in [6, 6.07) is 8.93. The Bertz CT molecular complexity index is 389. The maximum atomic E-state index is 5.49. The lowest BCUT2D eigenvalue weighted by atomic mass is 9.77. The van der Waals surface area contributed by atoms with E-state index in [1.165, 1.54) is 17.5 Å². The summed E-state index contributed by atoms with van der Waals surface area (Å²) in [6.07, 6.45) is 8.90. The van der Waals surface area contributed by atoms with Crippen molar-refractivity contribution in [3.05, 3.63) is 35.4 Å². The van der Waals surface area contributed by atoms with Gasteiger partial charge in [0.2, 0.25) is 0 Å². The molecular formula is C15H19N. The molecule has 1 N–H and O–H groups in total. The SMILES string of the molecule is C#CC(CCC)NCC1Cc2ccccc21. The summed E-state index contributed by atoms with van der Waals surface area (Å²) < 4.78 is 0. The molecule has 1 nitrogen and oxygen atoms in total. The first kappa shape index (κ1) is 11.2. The molecule has 84 valence electrons. The molecule has 1 heteroatoms. The number of nitrogens with one attached hydrogen (secondary N) is 1. The van der Waals surface area contributed by atoms with Gasteiger partial charge in [-0.2, -0.15) is 0 Å². The fourth-order valence-corrected chi connectivity index (χ4v) is 2.36. The Morgan fingerprint density at radius 1 is 1.50 bits per heavy atom. The van der Waals surface area contributed by atoms with Crippen LogP contribution < -0.4 is 5.32 Å². The van der Waals surface area contributed by atoms with Gasteiger partial charge in [0, 0.05) is 12.5 Å². The van der Waals surface area contributed by atoms with E-state index in [-0.39, 0.29) is 6.04 Å². The molecule has 1 aliphatic rings. The van der Waals surface area contributed by atoms with E-state index in [1.807, 2.05) is 0 Å². The molecule has 1 aliphatic carbocycles. The first-order valence-corrected chi connectivity index (χ1v) is 6.12. The summed E-state index contributed by atoms with van der Waals surface area (Å²) in [7, 11) is 0. The van der Waals surface area contributed by atoms with Gasteiger partial charge in [-0.15, -0.1) is 6.42 Å². The van der Waals surface area contributed by atoms with Gasteiger partial charge >= 0.3 is 0 Å². The molecule has 0 amide bonds. The fourth-order valence-electron chi connectivity index (χ4n) is 2.36. The van der Waals surface area contributed by atoms with Crippen molar-refractivity contribution >= 4 is 0 Å². The van der Waals surface area contributed by atoms with Crippen LogP contribution in [0.5, 0.6) is 0 Å². The number of hydrogen-bond donors (Lipinski definition) is 1. The third-order valence-corrected chi connectivity index (χ3v) is 3.35. The van der Waals surface area contributed by atoms with Crippen molar-refractivity contribution in [2.45, 2.75) is 38.1 Å². The highest BCUT2D eigenvalue weighted by molar-refractivity contribution is 5.40. The highest BCUT2D eigenvalue weighted by atomic mass is 14.9. The molecule has 0 heterocycles. The van der Waals surface area contributed by atoms with E-state index in [1.54, 1.807) is 0 Å². The molecule has 0 radical (unpaired) electrons. The summed E-state index contributed by atoms with van der Waals surface area (Å²) in [5.74, 6) is 3.49. The van der Waals surface area contributed by atoms with Crippen molar-refractivity contribution in [1.29, 1.82) is 0 Å². The first-order chi connectivity index (χ1) is 7.85. The fraction of sp³-hybridized carbons (Fsp3) is 0.467. The van der Waals surface area contributed by atoms with Crippen LogP contribution in [0.4, 0.5) is 0 Å². The van der Waals surface area contributed by atoms with Crippen molar-refractivity contribution < 1.29 is 0 Å². The highest BCUT2D eigenvalue weighted by Gasteiger charge is 2.25. The van der Waals surface area contributed by atoms with E-state index in [4.69, 9.17) is 6.42 Å². The Balaban J connectivity index is 1.83. The van der Waals surface area contributed by atoms with Crippen LogP contribution in [0.1, 0.15) is 36.8 Å². The molecule has 0 saturated heterocycles. The Hall–Kier alpha value is -1.26. The molecule has 16 heavy (non-hydrogen) atoms. The Labute approximate surface area is 98.3 Å². The number of benzene rings is 1. The van der Waals surface area contributed by atoms with Crippen LogP contribution in [0.15, 0.2) is 24.3 Å². The minimum absolute atomic E-state index is 0.248. The number of terminal acetylenes is 1. The van der Waals surface area contributed by atoms with Crippen molar-refractivity contribution in [3.63, 3.8) is 0 Å². The van der Waals surface area contributed by atoms with Gasteiger partial charge < -0.3 is 5.32 Å². The maximum absolute atomic E-state index is 5.49. The minimum Gasteiger partial charge on any atom is -0.303 e. The van der Waals surface area contributed by atoms with Gasteiger partial charge in [-0.25, -0.2) is 0 Å². The van der Waals surface area contributed by atoms with Gasteiger partial charge in [-0.1, -0.05) is 43.5 Å². The van der Waals surface area contributed by atoms with Crippen LogP contribution in [0, 0.1) is 12.3 Å². The molecule has 0 aromatic heterocycles. The Morgan fingerprint density at radius 3 is 3.00 bits per heavy atom. The summed E-state index contributed by atoms with van der Waals surface area (Å²) >= 11 is 0. The van der Waals surface area contributed by atoms with Crippen molar-refractivity contribution in [1.82, 2.24) is 5.32 Å². The van der Waals surface area contributed by atoms with E-state index in [2.05, 4.69) is 42.4 Å². The number of rotatable bonds is 5. The zero-order valence-electron chi connectivity index (χ0n) is 9.87. The average Bonchev–Trinajstić information content (AvgIpc) is 2.29. The second-order valence-corrected chi connectivity index (χ2v) is 4.52. The quantitative estimate of drug-likeness (QED) is 0.742. The molecule has 0 fully saturated rings. The summed E-state index contributed by atoms with van der Waals surface area (Å²) in [6.45, 7) is 3.19. The van der Waals surface area contributed by atoms with Crippen molar-refractivity contribution in [2.75, 3.05) is 6.54 Å². The third-order valence-electron chi connectivity index (χ3n) is 3.35. The molecule has 2 atom stereocenters.